The highest BCUT2D eigenvalue weighted by Gasteiger charge is 2.31. The number of carbonyl (C=O) groups is 2. The number of rotatable bonds is 5. The third kappa shape index (κ3) is 5.21. The first-order chi connectivity index (χ1) is 17.4. The molecule has 0 unspecified atom stereocenters. The SMILES string of the molecule is CC(C)(C)OC(=O)n1c(-c2ccc(OS(C)(=O)=O)c3c2C(=O)NC3)cc2cc(CN3CCCC3)ccc21. The fourth-order valence-electron chi connectivity index (χ4n) is 5.04. The molecule has 2 aliphatic rings. The molecule has 37 heavy (non-hydrogen) atoms. The average molecular weight is 526 g/mol. The van der Waals surface area contributed by atoms with Gasteiger partial charge >= 0.3 is 16.2 Å². The van der Waals surface area contributed by atoms with Crippen molar-refractivity contribution >= 4 is 33.0 Å². The number of nitrogens with zero attached hydrogens (tertiary/aromatic N) is 2. The summed E-state index contributed by atoms with van der Waals surface area (Å²) in [5, 5.41) is 3.60. The minimum Gasteiger partial charge on any atom is -0.443 e. The fourth-order valence-corrected chi connectivity index (χ4v) is 5.52. The fraction of sp³-hybridized carbons (Fsp3) is 0.407. The number of hydrogen-bond donors (Lipinski definition) is 1. The number of fused-ring (bicyclic) bond motifs is 2. The van der Waals surface area contributed by atoms with Crippen LogP contribution in [-0.4, -0.2) is 54.8 Å². The lowest BCUT2D eigenvalue weighted by molar-refractivity contribution is 0.0547. The molecule has 2 aliphatic heterocycles. The van der Waals surface area contributed by atoms with Crippen molar-refractivity contribution in [1.29, 1.82) is 0 Å². The molecular formula is C27H31N3O6S. The Labute approximate surface area is 216 Å². The molecule has 1 fully saturated rings. The van der Waals surface area contributed by atoms with E-state index in [2.05, 4.69) is 16.3 Å². The highest BCUT2D eigenvalue weighted by atomic mass is 32.2. The van der Waals surface area contributed by atoms with E-state index in [1.807, 2.05) is 18.2 Å². The molecule has 0 spiro atoms. The lowest BCUT2D eigenvalue weighted by Crippen LogP contribution is -2.27. The third-order valence-electron chi connectivity index (χ3n) is 6.49. The number of aromatic nitrogens is 1. The monoisotopic (exact) mass is 525 g/mol. The summed E-state index contributed by atoms with van der Waals surface area (Å²) in [6, 6.07) is 11.0. The van der Waals surface area contributed by atoms with Gasteiger partial charge in [0.05, 0.1) is 23.0 Å². The molecule has 2 aromatic carbocycles. The van der Waals surface area contributed by atoms with Gasteiger partial charge in [0.2, 0.25) is 0 Å². The highest BCUT2D eigenvalue weighted by molar-refractivity contribution is 7.86. The lowest BCUT2D eigenvalue weighted by atomic mass is 9.99. The second kappa shape index (κ2) is 9.18. The van der Waals surface area contributed by atoms with Gasteiger partial charge in [-0.2, -0.15) is 8.42 Å². The van der Waals surface area contributed by atoms with Crippen molar-refractivity contribution in [2.75, 3.05) is 19.3 Å². The van der Waals surface area contributed by atoms with Gasteiger partial charge in [0, 0.05) is 29.6 Å². The van der Waals surface area contributed by atoms with Crippen LogP contribution in [0.15, 0.2) is 36.4 Å². The zero-order valence-corrected chi connectivity index (χ0v) is 22.3. The first-order valence-corrected chi connectivity index (χ1v) is 14.2. The zero-order valence-electron chi connectivity index (χ0n) is 21.5. The van der Waals surface area contributed by atoms with Crippen molar-refractivity contribution in [1.82, 2.24) is 14.8 Å². The van der Waals surface area contributed by atoms with E-state index in [-0.39, 0.29) is 23.8 Å². The zero-order chi connectivity index (χ0) is 26.5. The van der Waals surface area contributed by atoms with Crippen LogP contribution in [0.5, 0.6) is 5.75 Å². The Hall–Kier alpha value is -3.37. The Balaban J connectivity index is 1.67. The molecule has 10 heteroatoms. The maximum absolute atomic E-state index is 13.5. The predicted molar refractivity (Wildman–Crippen MR) is 140 cm³/mol. The summed E-state index contributed by atoms with van der Waals surface area (Å²) in [6.07, 6.45) is 2.80. The van der Waals surface area contributed by atoms with Crippen molar-refractivity contribution in [3.63, 3.8) is 0 Å². The van der Waals surface area contributed by atoms with Crippen LogP contribution in [0, 0.1) is 0 Å². The number of carbonyl (C=O) groups excluding carboxylic acids is 2. The molecule has 9 nitrogen and oxygen atoms in total. The molecule has 0 bridgehead atoms. The van der Waals surface area contributed by atoms with Gasteiger partial charge in [0.25, 0.3) is 5.91 Å². The molecule has 196 valence electrons. The molecule has 5 rings (SSSR count). The van der Waals surface area contributed by atoms with Crippen LogP contribution >= 0.6 is 0 Å². The van der Waals surface area contributed by atoms with E-state index in [0.29, 0.717) is 22.3 Å². The Morgan fingerprint density at radius 1 is 1.08 bits per heavy atom. The van der Waals surface area contributed by atoms with Crippen molar-refractivity contribution in [2.24, 2.45) is 0 Å². The van der Waals surface area contributed by atoms with E-state index >= 15 is 0 Å². The Morgan fingerprint density at radius 3 is 2.49 bits per heavy atom. The van der Waals surface area contributed by atoms with Crippen molar-refractivity contribution in [2.45, 2.75) is 52.3 Å². The van der Waals surface area contributed by atoms with Gasteiger partial charge in [-0.1, -0.05) is 6.07 Å². The van der Waals surface area contributed by atoms with E-state index in [1.54, 1.807) is 26.8 Å². The smallest absolute Gasteiger partial charge is 0.419 e. The first kappa shape index (κ1) is 25.3. The quantitative estimate of drug-likeness (QED) is 0.496. The van der Waals surface area contributed by atoms with Crippen LogP contribution in [0.3, 0.4) is 0 Å². The van der Waals surface area contributed by atoms with Gasteiger partial charge in [0.15, 0.2) is 0 Å². The molecule has 3 aromatic rings. The normalized spacial score (nSPS) is 16.2. The number of benzene rings is 2. The van der Waals surface area contributed by atoms with Gasteiger partial charge in [-0.05, 0) is 82.6 Å². The van der Waals surface area contributed by atoms with E-state index in [0.717, 1.165) is 36.8 Å². The number of nitrogens with one attached hydrogen (secondary N) is 1. The van der Waals surface area contributed by atoms with Crippen LogP contribution in [0.2, 0.25) is 0 Å². The van der Waals surface area contributed by atoms with Gasteiger partial charge in [-0.3, -0.25) is 9.69 Å². The first-order valence-electron chi connectivity index (χ1n) is 12.3. The second-order valence-electron chi connectivity index (χ2n) is 10.7. The molecule has 1 amide bonds. The van der Waals surface area contributed by atoms with Crippen molar-refractivity contribution < 1.29 is 26.9 Å². The molecule has 3 heterocycles. The van der Waals surface area contributed by atoms with Crippen molar-refractivity contribution in [3.8, 4) is 17.0 Å². The minimum absolute atomic E-state index is 0.0902. The number of hydrogen-bond acceptors (Lipinski definition) is 7. The van der Waals surface area contributed by atoms with Crippen LogP contribution in [-0.2, 0) is 27.9 Å². The van der Waals surface area contributed by atoms with E-state index in [1.165, 1.54) is 23.5 Å². The summed E-state index contributed by atoms with van der Waals surface area (Å²) in [5.74, 6) is -0.271. The average Bonchev–Trinajstić information content (AvgIpc) is 3.51. The summed E-state index contributed by atoms with van der Waals surface area (Å²) in [6.45, 7) is 8.50. The Kier molecular flexibility index (Phi) is 6.27. The number of likely N-dealkylation sites (tertiary alicyclic amines) is 1. The molecular weight excluding hydrogens is 494 g/mol. The topological polar surface area (TPSA) is 107 Å². The number of ether oxygens (including phenoxy) is 1. The molecule has 1 aromatic heterocycles. The molecule has 1 saturated heterocycles. The Morgan fingerprint density at radius 2 is 1.81 bits per heavy atom. The van der Waals surface area contributed by atoms with Crippen LogP contribution in [0.25, 0.3) is 22.2 Å². The largest absolute Gasteiger partial charge is 0.443 e. The lowest BCUT2D eigenvalue weighted by Gasteiger charge is -2.21. The maximum Gasteiger partial charge on any atom is 0.419 e. The summed E-state index contributed by atoms with van der Waals surface area (Å²) in [7, 11) is -3.79. The van der Waals surface area contributed by atoms with Crippen LogP contribution in [0.1, 0.15) is 55.1 Å². The van der Waals surface area contributed by atoms with E-state index in [9.17, 15) is 18.0 Å². The molecule has 0 aliphatic carbocycles. The maximum atomic E-state index is 13.5. The summed E-state index contributed by atoms with van der Waals surface area (Å²) in [5.41, 5.74) is 2.78. The van der Waals surface area contributed by atoms with Gasteiger partial charge < -0.3 is 14.2 Å². The van der Waals surface area contributed by atoms with Crippen LogP contribution < -0.4 is 9.50 Å². The van der Waals surface area contributed by atoms with Gasteiger partial charge in [-0.25, -0.2) is 9.36 Å². The van der Waals surface area contributed by atoms with Crippen LogP contribution in [0.4, 0.5) is 4.79 Å². The number of amides is 1. The summed E-state index contributed by atoms with van der Waals surface area (Å²) >= 11 is 0. The molecule has 0 atom stereocenters. The predicted octanol–water partition coefficient (Wildman–Crippen LogP) is 4.27. The van der Waals surface area contributed by atoms with Crippen molar-refractivity contribution in [3.05, 3.63) is 53.1 Å². The van der Waals surface area contributed by atoms with E-state index < -0.39 is 21.8 Å². The minimum atomic E-state index is -3.79. The van der Waals surface area contributed by atoms with Gasteiger partial charge in [0.1, 0.15) is 11.4 Å². The summed E-state index contributed by atoms with van der Waals surface area (Å²) in [4.78, 5) is 28.8. The van der Waals surface area contributed by atoms with Gasteiger partial charge in [-0.15, -0.1) is 0 Å². The van der Waals surface area contributed by atoms with E-state index in [4.69, 9.17) is 8.92 Å². The third-order valence-corrected chi connectivity index (χ3v) is 6.97. The second-order valence-corrected chi connectivity index (χ2v) is 12.2. The molecule has 1 N–H and O–H groups in total. The standard InChI is InChI=1S/C27H31N3O6S/c1-27(2,3)35-26(32)30-21-9-7-17(16-29-11-5-6-12-29)13-18(21)14-22(30)19-8-10-23(36-37(4,33)34)20-15-28-25(31)24(19)20/h7-10,13-14H,5-6,11-12,15-16H2,1-4H3,(H,28,31). The highest BCUT2D eigenvalue weighted by Crippen LogP contribution is 2.38. The molecule has 0 saturated carbocycles. The molecule has 0 radical (unpaired) electrons. The Bertz CT molecular complexity index is 1510. The summed E-state index contributed by atoms with van der Waals surface area (Å²) < 4.78 is 35.9.